The second-order valence-corrected chi connectivity index (χ2v) is 3.31. The number of allylic oxidation sites excluding steroid dienone is 1. The standard InChI is InChI=1S/C10H15NO/c1-12-7-6-9-2-4-10(8-11)5-3-9/h6-7,9-10H,2-5H2,1H3/b7-6+. The lowest BCUT2D eigenvalue weighted by atomic mass is 9.83. The largest absolute Gasteiger partial charge is 0.505 e. The van der Waals surface area contributed by atoms with Gasteiger partial charge in [0.2, 0.25) is 0 Å². The van der Waals surface area contributed by atoms with Crippen molar-refractivity contribution in [1.82, 2.24) is 0 Å². The molecule has 1 aliphatic rings. The summed E-state index contributed by atoms with van der Waals surface area (Å²) in [5.41, 5.74) is 0. The van der Waals surface area contributed by atoms with Gasteiger partial charge >= 0.3 is 0 Å². The number of nitrogens with zero attached hydrogens (tertiary/aromatic N) is 1. The van der Waals surface area contributed by atoms with E-state index in [2.05, 4.69) is 12.1 Å². The molecule has 1 fully saturated rings. The molecular weight excluding hydrogens is 150 g/mol. The summed E-state index contributed by atoms with van der Waals surface area (Å²) in [6.45, 7) is 0. The molecule has 2 heteroatoms. The van der Waals surface area contributed by atoms with Crippen LogP contribution in [0.1, 0.15) is 25.7 Å². The SMILES string of the molecule is CO/C=C/C1CCC(C#N)CC1. The van der Waals surface area contributed by atoms with E-state index >= 15 is 0 Å². The zero-order valence-corrected chi connectivity index (χ0v) is 7.49. The Bertz CT molecular complexity index is 185. The summed E-state index contributed by atoms with van der Waals surface area (Å²) in [6, 6.07) is 2.33. The Morgan fingerprint density at radius 3 is 2.50 bits per heavy atom. The smallest absolute Gasteiger partial charge is 0.0787 e. The lowest BCUT2D eigenvalue weighted by molar-refractivity contribution is 0.319. The minimum atomic E-state index is 0.303. The highest BCUT2D eigenvalue weighted by Gasteiger charge is 2.18. The molecule has 0 bridgehead atoms. The summed E-state index contributed by atoms with van der Waals surface area (Å²) in [5, 5.41) is 8.66. The first kappa shape index (κ1) is 9.12. The van der Waals surface area contributed by atoms with Crippen molar-refractivity contribution in [2.45, 2.75) is 25.7 Å². The van der Waals surface area contributed by atoms with Gasteiger partial charge in [-0.1, -0.05) is 0 Å². The van der Waals surface area contributed by atoms with Crippen molar-refractivity contribution in [3.8, 4) is 6.07 Å². The maximum Gasteiger partial charge on any atom is 0.0787 e. The van der Waals surface area contributed by atoms with Crippen LogP contribution >= 0.6 is 0 Å². The van der Waals surface area contributed by atoms with Crippen LogP contribution < -0.4 is 0 Å². The third-order valence-electron chi connectivity index (χ3n) is 2.44. The van der Waals surface area contributed by atoms with Gasteiger partial charge < -0.3 is 4.74 Å². The lowest BCUT2D eigenvalue weighted by Crippen LogP contribution is -2.11. The Hall–Kier alpha value is -0.970. The van der Waals surface area contributed by atoms with E-state index in [1.165, 1.54) is 0 Å². The number of nitriles is 1. The van der Waals surface area contributed by atoms with Gasteiger partial charge in [-0.25, -0.2) is 0 Å². The van der Waals surface area contributed by atoms with Crippen LogP contribution in [0.2, 0.25) is 0 Å². The van der Waals surface area contributed by atoms with E-state index in [-0.39, 0.29) is 0 Å². The van der Waals surface area contributed by atoms with Crippen LogP contribution in [0.25, 0.3) is 0 Å². The van der Waals surface area contributed by atoms with E-state index < -0.39 is 0 Å². The fourth-order valence-corrected chi connectivity index (χ4v) is 1.63. The molecule has 0 aliphatic heterocycles. The molecule has 0 amide bonds. The normalized spacial score (nSPS) is 30.0. The molecule has 0 N–H and O–H groups in total. The Morgan fingerprint density at radius 2 is 2.00 bits per heavy atom. The molecular formula is C10H15NO. The molecule has 2 nitrogen and oxygen atoms in total. The van der Waals surface area contributed by atoms with Crippen LogP contribution in [0.15, 0.2) is 12.3 Å². The highest BCUT2D eigenvalue weighted by atomic mass is 16.5. The molecule has 0 saturated heterocycles. The number of hydrogen-bond acceptors (Lipinski definition) is 2. The van der Waals surface area contributed by atoms with E-state index in [1.54, 1.807) is 13.4 Å². The van der Waals surface area contributed by atoms with Gasteiger partial charge in [0, 0.05) is 5.92 Å². The van der Waals surface area contributed by atoms with Gasteiger partial charge in [-0.05, 0) is 37.7 Å². The highest BCUT2D eigenvalue weighted by molar-refractivity contribution is 4.92. The third-order valence-corrected chi connectivity index (χ3v) is 2.44. The van der Waals surface area contributed by atoms with E-state index in [0.717, 1.165) is 25.7 Å². The zero-order valence-electron chi connectivity index (χ0n) is 7.49. The molecule has 0 unspecified atom stereocenters. The molecule has 0 spiro atoms. The summed E-state index contributed by atoms with van der Waals surface area (Å²) in [7, 11) is 1.66. The van der Waals surface area contributed by atoms with Crippen molar-refractivity contribution in [2.24, 2.45) is 11.8 Å². The number of hydrogen-bond donors (Lipinski definition) is 0. The molecule has 1 rings (SSSR count). The Kier molecular flexibility index (Phi) is 3.66. The molecule has 1 saturated carbocycles. The average molecular weight is 165 g/mol. The monoisotopic (exact) mass is 165 g/mol. The van der Waals surface area contributed by atoms with E-state index in [4.69, 9.17) is 10.00 Å². The van der Waals surface area contributed by atoms with Crippen molar-refractivity contribution in [2.75, 3.05) is 7.11 Å². The van der Waals surface area contributed by atoms with E-state index in [1.807, 2.05) is 0 Å². The predicted octanol–water partition coefficient (Wildman–Crippen LogP) is 2.48. The zero-order chi connectivity index (χ0) is 8.81. The molecule has 66 valence electrons. The van der Waals surface area contributed by atoms with Crippen LogP contribution in [0, 0.1) is 23.2 Å². The maximum atomic E-state index is 8.66. The fourth-order valence-electron chi connectivity index (χ4n) is 1.63. The molecule has 0 aromatic heterocycles. The summed E-state index contributed by atoms with van der Waals surface area (Å²) in [6.07, 6.45) is 8.23. The van der Waals surface area contributed by atoms with Gasteiger partial charge in [0.25, 0.3) is 0 Å². The van der Waals surface area contributed by atoms with Crippen molar-refractivity contribution >= 4 is 0 Å². The van der Waals surface area contributed by atoms with Crippen LogP contribution in [0.4, 0.5) is 0 Å². The van der Waals surface area contributed by atoms with E-state index in [0.29, 0.717) is 11.8 Å². The predicted molar refractivity (Wildman–Crippen MR) is 47.2 cm³/mol. The van der Waals surface area contributed by atoms with Gasteiger partial charge in [0.1, 0.15) is 0 Å². The molecule has 0 atom stereocenters. The number of ether oxygens (including phenoxy) is 1. The highest BCUT2D eigenvalue weighted by Crippen LogP contribution is 2.28. The second kappa shape index (κ2) is 4.82. The van der Waals surface area contributed by atoms with Gasteiger partial charge in [0.15, 0.2) is 0 Å². The minimum absolute atomic E-state index is 0.303. The maximum absolute atomic E-state index is 8.66. The number of methoxy groups -OCH3 is 1. The van der Waals surface area contributed by atoms with Crippen molar-refractivity contribution in [3.05, 3.63) is 12.3 Å². The average Bonchev–Trinajstić information content (AvgIpc) is 2.15. The minimum Gasteiger partial charge on any atom is -0.505 e. The Labute approximate surface area is 73.8 Å². The van der Waals surface area contributed by atoms with Gasteiger partial charge in [0.05, 0.1) is 19.4 Å². The van der Waals surface area contributed by atoms with E-state index in [9.17, 15) is 0 Å². The fraction of sp³-hybridized carbons (Fsp3) is 0.700. The molecule has 0 aromatic rings. The second-order valence-electron chi connectivity index (χ2n) is 3.31. The Morgan fingerprint density at radius 1 is 1.33 bits per heavy atom. The summed E-state index contributed by atoms with van der Waals surface area (Å²) < 4.78 is 4.85. The van der Waals surface area contributed by atoms with Crippen LogP contribution in [-0.2, 0) is 4.74 Å². The van der Waals surface area contributed by atoms with Gasteiger partial charge in [-0.3, -0.25) is 0 Å². The summed E-state index contributed by atoms with van der Waals surface area (Å²) in [5.74, 6) is 0.937. The number of rotatable bonds is 2. The first-order valence-electron chi connectivity index (χ1n) is 4.46. The molecule has 0 heterocycles. The molecule has 0 aromatic carbocycles. The topological polar surface area (TPSA) is 33.0 Å². The lowest BCUT2D eigenvalue weighted by Gasteiger charge is -2.21. The molecule has 12 heavy (non-hydrogen) atoms. The molecule has 1 aliphatic carbocycles. The van der Waals surface area contributed by atoms with Crippen molar-refractivity contribution in [3.63, 3.8) is 0 Å². The third kappa shape index (κ3) is 2.58. The Balaban J connectivity index is 2.27. The van der Waals surface area contributed by atoms with Crippen molar-refractivity contribution in [1.29, 1.82) is 5.26 Å². The quantitative estimate of drug-likeness (QED) is 0.589. The van der Waals surface area contributed by atoms with Crippen molar-refractivity contribution < 1.29 is 4.74 Å². The first-order valence-corrected chi connectivity index (χ1v) is 4.46. The molecule has 0 radical (unpaired) electrons. The first-order chi connectivity index (χ1) is 5.86. The summed E-state index contributed by atoms with van der Waals surface area (Å²) >= 11 is 0. The summed E-state index contributed by atoms with van der Waals surface area (Å²) in [4.78, 5) is 0. The van der Waals surface area contributed by atoms with Crippen LogP contribution in [0.5, 0.6) is 0 Å². The van der Waals surface area contributed by atoms with Gasteiger partial charge in [-0.2, -0.15) is 5.26 Å². The van der Waals surface area contributed by atoms with Crippen LogP contribution in [-0.4, -0.2) is 7.11 Å². The van der Waals surface area contributed by atoms with Crippen LogP contribution in [0.3, 0.4) is 0 Å². The van der Waals surface area contributed by atoms with Gasteiger partial charge in [-0.15, -0.1) is 0 Å².